The van der Waals surface area contributed by atoms with Gasteiger partial charge >= 0.3 is 0 Å². The van der Waals surface area contributed by atoms with Gasteiger partial charge in [-0.3, -0.25) is 0 Å². The Labute approximate surface area is 85.9 Å². The van der Waals surface area contributed by atoms with Crippen LogP contribution < -0.4 is 0 Å². The van der Waals surface area contributed by atoms with Gasteiger partial charge in [-0.25, -0.2) is 0 Å². The molecule has 2 saturated carbocycles. The summed E-state index contributed by atoms with van der Waals surface area (Å²) in [6.07, 6.45) is 5.13. The molecule has 0 heterocycles. The van der Waals surface area contributed by atoms with Crippen LogP contribution >= 0.6 is 0 Å². The maximum atomic E-state index is 5.45. The summed E-state index contributed by atoms with van der Waals surface area (Å²) in [5.74, 6) is 1.39. The van der Waals surface area contributed by atoms with Crippen LogP contribution in [0.2, 0.25) is 0 Å². The number of hydrogen-bond acceptors (Lipinski definition) is 3. The van der Waals surface area contributed by atoms with E-state index >= 15 is 0 Å². The van der Waals surface area contributed by atoms with Crippen molar-refractivity contribution in [2.75, 3.05) is 7.11 Å². The van der Waals surface area contributed by atoms with Gasteiger partial charge in [-0.1, -0.05) is 0 Å². The lowest BCUT2D eigenvalue weighted by atomic mass is 10.1. The molecular formula is C11H20N2O. The number of azo groups is 1. The average molecular weight is 196 g/mol. The summed E-state index contributed by atoms with van der Waals surface area (Å²) in [7, 11) is 1.74. The van der Waals surface area contributed by atoms with Crippen molar-refractivity contribution in [1.82, 2.24) is 0 Å². The number of nitrogens with zero attached hydrogens (tertiary/aromatic N) is 2. The first-order chi connectivity index (χ1) is 6.65. The Kier molecular flexibility index (Phi) is 2.60. The van der Waals surface area contributed by atoms with Crippen LogP contribution in [0.1, 0.15) is 39.5 Å². The molecule has 0 spiro atoms. The highest BCUT2D eigenvalue weighted by atomic mass is 16.5. The molecule has 2 rings (SSSR count). The first-order valence-electron chi connectivity index (χ1n) is 5.63. The number of ether oxygens (including phenoxy) is 1. The topological polar surface area (TPSA) is 34.0 Å². The Bertz CT molecular complexity index is 233. The fourth-order valence-electron chi connectivity index (χ4n) is 1.79. The highest BCUT2D eigenvalue weighted by molar-refractivity contribution is 4.91. The zero-order valence-electron chi connectivity index (χ0n) is 9.36. The fraction of sp³-hybridized carbons (Fsp3) is 1.00. The Balaban J connectivity index is 1.91. The molecule has 3 heteroatoms. The van der Waals surface area contributed by atoms with Crippen LogP contribution in [0.25, 0.3) is 0 Å². The van der Waals surface area contributed by atoms with E-state index in [0.717, 1.165) is 5.92 Å². The van der Waals surface area contributed by atoms with Gasteiger partial charge in [0.2, 0.25) is 0 Å². The molecule has 80 valence electrons. The lowest BCUT2D eigenvalue weighted by Gasteiger charge is -2.22. The van der Waals surface area contributed by atoms with E-state index in [9.17, 15) is 0 Å². The Morgan fingerprint density at radius 3 is 2.36 bits per heavy atom. The smallest absolute Gasteiger partial charge is 0.178 e. The molecule has 2 fully saturated rings. The molecule has 0 saturated heterocycles. The van der Waals surface area contributed by atoms with Gasteiger partial charge in [0.25, 0.3) is 0 Å². The van der Waals surface area contributed by atoms with E-state index in [1.54, 1.807) is 7.11 Å². The van der Waals surface area contributed by atoms with Crippen molar-refractivity contribution in [3.8, 4) is 0 Å². The second-order valence-electron chi connectivity index (χ2n) is 4.83. The van der Waals surface area contributed by atoms with Gasteiger partial charge in [-0.2, -0.15) is 10.2 Å². The van der Waals surface area contributed by atoms with Crippen molar-refractivity contribution in [3.05, 3.63) is 0 Å². The van der Waals surface area contributed by atoms with Crippen molar-refractivity contribution >= 4 is 0 Å². The average Bonchev–Trinajstić information content (AvgIpc) is 3.05. The molecule has 2 unspecified atom stereocenters. The van der Waals surface area contributed by atoms with Crippen LogP contribution in [0.3, 0.4) is 0 Å². The van der Waals surface area contributed by atoms with E-state index in [1.807, 2.05) is 6.92 Å². The van der Waals surface area contributed by atoms with E-state index < -0.39 is 0 Å². The lowest BCUT2D eigenvalue weighted by molar-refractivity contribution is -0.0128. The highest BCUT2D eigenvalue weighted by Gasteiger charge is 2.42. The summed E-state index contributed by atoms with van der Waals surface area (Å²) in [5.41, 5.74) is -0.344. The van der Waals surface area contributed by atoms with Crippen LogP contribution in [0, 0.1) is 11.8 Å². The first kappa shape index (κ1) is 10.1. The Morgan fingerprint density at radius 2 is 1.93 bits per heavy atom. The van der Waals surface area contributed by atoms with Gasteiger partial charge in [0, 0.05) is 13.0 Å². The summed E-state index contributed by atoms with van der Waals surface area (Å²) < 4.78 is 5.45. The molecule has 2 aliphatic rings. The monoisotopic (exact) mass is 196 g/mol. The van der Waals surface area contributed by atoms with E-state index in [2.05, 4.69) is 17.2 Å². The molecule has 0 aromatic carbocycles. The molecular weight excluding hydrogens is 176 g/mol. The highest BCUT2D eigenvalue weighted by Crippen LogP contribution is 2.43. The second-order valence-corrected chi connectivity index (χ2v) is 4.83. The summed E-state index contributed by atoms with van der Waals surface area (Å²) in [6, 6.07) is 0.392. The molecule has 14 heavy (non-hydrogen) atoms. The number of methoxy groups -OCH3 is 1. The second kappa shape index (κ2) is 3.61. The molecule has 0 aromatic rings. The maximum absolute atomic E-state index is 5.45. The van der Waals surface area contributed by atoms with Crippen LogP contribution in [-0.4, -0.2) is 18.9 Å². The van der Waals surface area contributed by atoms with Crippen molar-refractivity contribution in [3.63, 3.8) is 0 Å². The van der Waals surface area contributed by atoms with Gasteiger partial charge in [0.15, 0.2) is 5.72 Å². The molecule has 3 nitrogen and oxygen atoms in total. The zero-order valence-corrected chi connectivity index (χ0v) is 9.36. The largest absolute Gasteiger partial charge is 0.355 e. The van der Waals surface area contributed by atoms with Gasteiger partial charge < -0.3 is 4.74 Å². The third kappa shape index (κ3) is 2.14. The SMILES string of the molecule is COC(C)(N=NC(C)C1CC1)C1CC1. The quantitative estimate of drug-likeness (QED) is 0.622. The maximum Gasteiger partial charge on any atom is 0.178 e. The zero-order chi connectivity index (χ0) is 10.2. The standard InChI is InChI=1S/C11H20N2O/c1-8(9-4-5-9)12-13-11(2,14-3)10-6-7-10/h8-10H,4-7H2,1-3H3. The molecule has 0 aliphatic heterocycles. The van der Waals surface area contributed by atoms with Crippen LogP contribution in [-0.2, 0) is 4.74 Å². The lowest BCUT2D eigenvalue weighted by Crippen LogP contribution is -2.27. The van der Waals surface area contributed by atoms with Crippen molar-refractivity contribution in [2.45, 2.75) is 51.3 Å². The summed E-state index contributed by atoms with van der Waals surface area (Å²) >= 11 is 0. The molecule has 0 radical (unpaired) electrons. The predicted molar refractivity (Wildman–Crippen MR) is 55.2 cm³/mol. The minimum atomic E-state index is -0.344. The van der Waals surface area contributed by atoms with E-state index in [-0.39, 0.29) is 5.72 Å². The number of rotatable bonds is 5. The fourth-order valence-corrected chi connectivity index (χ4v) is 1.79. The normalized spacial score (nSPS) is 29.1. The van der Waals surface area contributed by atoms with Crippen molar-refractivity contribution < 1.29 is 4.74 Å². The third-order valence-corrected chi connectivity index (χ3v) is 3.49. The van der Waals surface area contributed by atoms with Crippen LogP contribution in [0.5, 0.6) is 0 Å². The van der Waals surface area contributed by atoms with E-state index in [4.69, 9.17) is 4.74 Å². The third-order valence-electron chi connectivity index (χ3n) is 3.49. The Hall–Kier alpha value is -0.440. The van der Waals surface area contributed by atoms with Crippen molar-refractivity contribution in [1.29, 1.82) is 0 Å². The minimum absolute atomic E-state index is 0.344. The Morgan fingerprint density at radius 1 is 1.29 bits per heavy atom. The van der Waals surface area contributed by atoms with Gasteiger partial charge in [-0.15, -0.1) is 0 Å². The van der Waals surface area contributed by atoms with Gasteiger partial charge in [0.05, 0.1) is 6.04 Å². The number of hydrogen-bond donors (Lipinski definition) is 0. The summed E-state index contributed by atoms with van der Waals surface area (Å²) in [5, 5.41) is 8.79. The van der Waals surface area contributed by atoms with Crippen molar-refractivity contribution in [2.24, 2.45) is 22.1 Å². The molecule has 2 atom stereocenters. The van der Waals surface area contributed by atoms with E-state index in [1.165, 1.54) is 25.7 Å². The summed E-state index contributed by atoms with van der Waals surface area (Å²) in [4.78, 5) is 0. The van der Waals surface area contributed by atoms with Gasteiger partial charge in [-0.05, 0) is 45.4 Å². The molecule has 0 bridgehead atoms. The summed E-state index contributed by atoms with van der Waals surface area (Å²) in [6.45, 7) is 4.21. The molecule has 0 amide bonds. The van der Waals surface area contributed by atoms with E-state index in [0.29, 0.717) is 12.0 Å². The molecule has 0 aromatic heterocycles. The first-order valence-corrected chi connectivity index (χ1v) is 5.63. The van der Waals surface area contributed by atoms with Gasteiger partial charge in [0.1, 0.15) is 0 Å². The van der Waals surface area contributed by atoms with Crippen LogP contribution in [0.4, 0.5) is 0 Å². The molecule has 0 N–H and O–H groups in total. The predicted octanol–water partition coefficient (Wildman–Crippen LogP) is 3.01. The molecule has 2 aliphatic carbocycles. The minimum Gasteiger partial charge on any atom is -0.355 e. The van der Waals surface area contributed by atoms with Crippen LogP contribution in [0.15, 0.2) is 10.2 Å².